The fourth-order valence-electron chi connectivity index (χ4n) is 2.98. The van der Waals surface area contributed by atoms with Gasteiger partial charge in [-0.25, -0.2) is 4.68 Å². The van der Waals surface area contributed by atoms with Gasteiger partial charge in [0.05, 0.1) is 18.1 Å². The van der Waals surface area contributed by atoms with Crippen molar-refractivity contribution in [3.8, 4) is 5.82 Å². The molecule has 3 aromatic heterocycles. The predicted octanol–water partition coefficient (Wildman–Crippen LogP) is 3.92. The van der Waals surface area contributed by atoms with E-state index in [0.29, 0.717) is 5.69 Å². The van der Waals surface area contributed by atoms with Crippen LogP contribution in [-0.2, 0) is 4.79 Å². The molecule has 134 valence electrons. The standard InChI is InChI=1S/C20H23N5O/c1-14(2)25-20(9-11-22-25)24-15(3)12-17(16(24)4)7-8-19(26)23-18-6-5-10-21-13-18/h5-14H,1-4H3,(H,23,26)/b8-7+. The lowest BCUT2D eigenvalue weighted by Crippen LogP contribution is -2.11. The van der Waals surface area contributed by atoms with Gasteiger partial charge in [0.2, 0.25) is 5.91 Å². The molecule has 3 rings (SSSR count). The molecular weight excluding hydrogens is 326 g/mol. The number of carbonyl (C=O) groups is 1. The maximum Gasteiger partial charge on any atom is 0.248 e. The van der Waals surface area contributed by atoms with Crippen molar-refractivity contribution in [2.75, 3.05) is 5.32 Å². The minimum Gasteiger partial charge on any atom is -0.321 e. The Morgan fingerprint density at radius 1 is 1.23 bits per heavy atom. The second-order valence-electron chi connectivity index (χ2n) is 6.45. The molecule has 1 N–H and O–H groups in total. The third kappa shape index (κ3) is 3.59. The summed E-state index contributed by atoms with van der Waals surface area (Å²) < 4.78 is 4.15. The first-order valence-electron chi connectivity index (χ1n) is 8.59. The van der Waals surface area contributed by atoms with Gasteiger partial charge in [-0.05, 0) is 57.5 Å². The highest BCUT2D eigenvalue weighted by atomic mass is 16.1. The van der Waals surface area contributed by atoms with Gasteiger partial charge in [0.25, 0.3) is 0 Å². The van der Waals surface area contributed by atoms with Gasteiger partial charge in [0.1, 0.15) is 5.82 Å². The van der Waals surface area contributed by atoms with Gasteiger partial charge in [-0.3, -0.25) is 9.78 Å². The van der Waals surface area contributed by atoms with Crippen molar-refractivity contribution in [3.05, 3.63) is 65.9 Å². The van der Waals surface area contributed by atoms with Crippen LogP contribution in [0.15, 0.2) is 48.9 Å². The summed E-state index contributed by atoms with van der Waals surface area (Å²) in [5, 5.41) is 7.21. The van der Waals surface area contributed by atoms with Gasteiger partial charge in [0.15, 0.2) is 0 Å². The van der Waals surface area contributed by atoms with E-state index in [1.165, 1.54) is 0 Å². The first-order chi connectivity index (χ1) is 12.5. The molecule has 0 saturated heterocycles. The van der Waals surface area contributed by atoms with Crippen LogP contribution < -0.4 is 5.32 Å². The van der Waals surface area contributed by atoms with Gasteiger partial charge in [-0.15, -0.1) is 0 Å². The summed E-state index contributed by atoms with van der Waals surface area (Å²) in [5.74, 6) is 0.837. The van der Waals surface area contributed by atoms with Crippen molar-refractivity contribution < 1.29 is 4.79 Å². The minimum absolute atomic E-state index is 0.185. The summed E-state index contributed by atoms with van der Waals surface area (Å²) >= 11 is 0. The lowest BCUT2D eigenvalue weighted by atomic mass is 10.2. The molecule has 0 atom stereocenters. The van der Waals surface area contributed by atoms with Crippen LogP contribution in [0.4, 0.5) is 5.69 Å². The summed E-state index contributed by atoms with van der Waals surface area (Å²) in [7, 11) is 0. The SMILES string of the molecule is Cc1cc(/C=C/C(=O)Nc2cccnc2)c(C)n1-c1ccnn1C(C)C. The second kappa shape index (κ2) is 7.39. The average Bonchev–Trinajstić information content (AvgIpc) is 3.18. The summed E-state index contributed by atoms with van der Waals surface area (Å²) in [6.45, 7) is 8.31. The predicted molar refractivity (Wildman–Crippen MR) is 103 cm³/mol. The molecule has 6 heteroatoms. The molecule has 0 radical (unpaired) electrons. The van der Waals surface area contributed by atoms with Crippen LogP contribution in [0.5, 0.6) is 0 Å². The first-order valence-corrected chi connectivity index (χ1v) is 8.59. The highest BCUT2D eigenvalue weighted by Crippen LogP contribution is 2.23. The number of anilines is 1. The van der Waals surface area contributed by atoms with Gasteiger partial charge in [-0.1, -0.05) is 0 Å². The van der Waals surface area contributed by atoms with Crippen LogP contribution in [0.3, 0.4) is 0 Å². The number of aryl methyl sites for hydroxylation is 1. The van der Waals surface area contributed by atoms with E-state index < -0.39 is 0 Å². The van der Waals surface area contributed by atoms with E-state index >= 15 is 0 Å². The molecular formula is C20H23N5O. The van der Waals surface area contributed by atoms with Crippen molar-refractivity contribution in [1.29, 1.82) is 0 Å². The molecule has 0 saturated carbocycles. The number of rotatable bonds is 5. The Bertz CT molecular complexity index is 935. The quantitative estimate of drug-likeness (QED) is 0.710. The van der Waals surface area contributed by atoms with Crippen molar-refractivity contribution in [2.45, 2.75) is 33.7 Å². The molecule has 0 aliphatic carbocycles. The fraction of sp³-hybridized carbons (Fsp3) is 0.250. The Balaban J connectivity index is 1.84. The lowest BCUT2D eigenvalue weighted by Gasteiger charge is -2.15. The number of pyridine rings is 1. The van der Waals surface area contributed by atoms with Crippen LogP contribution >= 0.6 is 0 Å². The molecule has 6 nitrogen and oxygen atoms in total. The van der Waals surface area contributed by atoms with Crippen LogP contribution in [0.1, 0.15) is 36.8 Å². The van der Waals surface area contributed by atoms with Gasteiger partial charge >= 0.3 is 0 Å². The molecule has 0 aliphatic rings. The van der Waals surface area contributed by atoms with Crippen LogP contribution in [0, 0.1) is 13.8 Å². The van der Waals surface area contributed by atoms with E-state index in [1.54, 1.807) is 30.6 Å². The van der Waals surface area contributed by atoms with E-state index in [9.17, 15) is 4.79 Å². The smallest absolute Gasteiger partial charge is 0.248 e. The van der Waals surface area contributed by atoms with Crippen LogP contribution in [-0.4, -0.2) is 25.2 Å². The van der Waals surface area contributed by atoms with Gasteiger partial charge < -0.3 is 9.88 Å². The monoisotopic (exact) mass is 349 g/mol. The number of nitrogens with one attached hydrogen (secondary N) is 1. The van der Waals surface area contributed by atoms with Crippen molar-refractivity contribution in [2.24, 2.45) is 0 Å². The van der Waals surface area contributed by atoms with Gasteiger partial charge in [0, 0.05) is 35.8 Å². The number of nitrogens with zero attached hydrogens (tertiary/aromatic N) is 4. The summed E-state index contributed by atoms with van der Waals surface area (Å²) in [5.41, 5.74) is 3.83. The van der Waals surface area contributed by atoms with E-state index in [-0.39, 0.29) is 11.9 Å². The zero-order valence-corrected chi connectivity index (χ0v) is 15.5. The van der Waals surface area contributed by atoms with Crippen molar-refractivity contribution >= 4 is 17.7 Å². The molecule has 0 unspecified atom stereocenters. The third-order valence-corrected chi connectivity index (χ3v) is 4.18. The number of carbonyl (C=O) groups excluding carboxylic acids is 1. The van der Waals surface area contributed by atoms with Crippen LogP contribution in [0.2, 0.25) is 0 Å². The Morgan fingerprint density at radius 3 is 2.73 bits per heavy atom. The average molecular weight is 349 g/mol. The zero-order valence-electron chi connectivity index (χ0n) is 15.5. The molecule has 0 aromatic carbocycles. The molecule has 26 heavy (non-hydrogen) atoms. The molecule has 0 bridgehead atoms. The zero-order chi connectivity index (χ0) is 18.7. The Kier molecular flexibility index (Phi) is 5.02. The van der Waals surface area contributed by atoms with Gasteiger partial charge in [-0.2, -0.15) is 5.10 Å². The maximum absolute atomic E-state index is 12.1. The molecule has 0 fully saturated rings. The summed E-state index contributed by atoms with van der Waals surface area (Å²) in [4.78, 5) is 16.1. The third-order valence-electron chi connectivity index (χ3n) is 4.18. The van der Waals surface area contributed by atoms with Crippen molar-refractivity contribution in [1.82, 2.24) is 19.3 Å². The second-order valence-corrected chi connectivity index (χ2v) is 6.45. The Morgan fingerprint density at radius 2 is 2.04 bits per heavy atom. The Hall–Kier alpha value is -3.15. The van der Waals surface area contributed by atoms with E-state index in [0.717, 1.165) is 22.8 Å². The van der Waals surface area contributed by atoms with E-state index in [1.807, 2.05) is 29.9 Å². The number of hydrogen-bond donors (Lipinski definition) is 1. The normalized spacial score (nSPS) is 11.4. The van der Waals surface area contributed by atoms with E-state index in [4.69, 9.17) is 0 Å². The molecule has 0 aliphatic heterocycles. The molecule has 3 aromatic rings. The topological polar surface area (TPSA) is 64.7 Å². The Labute approximate surface area is 153 Å². The minimum atomic E-state index is -0.185. The molecule has 0 spiro atoms. The maximum atomic E-state index is 12.1. The highest BCUT2D eigenvalue weighted by Gasteiger charge is 2.14. The molecule has 3 heterocycles. The first kappa shape index (κ1) is 17.7. The largest absolute Gasteiger partial charge is 0.321 e. The highest BCUT2D eigenvalue weighted by molar-refractivity contribution is 6.01. The molecule has 1 amide bonds. The fourth-order valence-corrected chi connectivity index (χ4v) is 2.98. The number of hydrogen-bond acceptors (Lipinski definition) is 3. The van der Waals surface area contributed by atoms with Crippen LogP contribution in [0.25, 0.3) is 11.9 Å². The number of amides is 1. The summed E-state index contributed by atoms with van der Waals surface area (Å²) in [6, 6.07) is 7.93. The summed E-state index contributed by atoms with van der Waals surface area (Å²) in [6.07, 6.45) is 8.47. The lowest BCUT2D eigenvalue weighted by molar-refractivity contribution is -0.111. The number of aromatic nitrogens is 4. The van der Waals surface area contributed by atoms with E-state index in [2.05, 4.69) is 46.8 Å². The van der Waals surface area contributed by atoms with Crippen molar-refractivity contribution in [3.63, 3.8) is 0 Å².